The Morgan fingerprint density at radius 1 is 1.45 bits per heavy atom. The Morgan fingerprint density at radius 3 is 2.50 bits per heavy atom. The van der Waals surface area contributed by atoms with Crippen LogP contribution >= 0.6 is 0 Å². The summed E-state index contributed by atoms with van der Waals surface area (Å²) < 4.78 is 5.58. The number of morpholine rings is 1. The van der Waals surface area contributed by atoms with Crippen LogP contribution in [0.3, 0.4) is 0 Å². The summed E-state index contributed by atoms with van der Waals surface area (Å²) in [6, 6.07) is 0.0592. The highest BCUT2D eigenvalue weighted by atomic mass is 16.5. The van der Waals surface area contributed by atoms with Gasteiger partial charge in [-0.15, -0.1) is 0 Å². The minimum absolute atomic E-state index is 0.0110. The number of carboxylic acid groups (broad SMARTS) is 1. The molecule has 0 bridgehead atoms. The molecule has 1 rings (SSSR count). The van der Waals surface area contributed by atoms with Crippen molar-refractivity contribution in [2.75, 3.05) is 13.2 Å². The zero-order chi connectivity index (χ0) is 15.5. The Morgan fingerprint density at radius 2 is 2.05 bits per heavy atom. The molecule has 3 atom stereocenters. The van der Waals surface area contributed by atoms with Crippen molar-refractivity contribution in [3.8, 4) is 0 Å². The lowest BCUT2D eigenvalue weighted by molar-refractivity contribution is -0.159. The number of nitrogens with zero attached hydrogens (tertiary/aromatic N) is 1. The van der Waals surface area contributed by atoms with Crippen molar-refractivity contribution in [2.45, 2.75) is 59.6 Å². The second-order valence-corrected chi connectivity index (χ2v) is 6.31. The van der Waals surface area contributed by atoms with Gasteiger partial charge < -0.3 is 14.7 Å². The van der Waals surface area contributed by atoms with E-state index in [0.29, 0.717) is 13.2 Å². The molecule has 3 unspecified atom stereocenters. The average Bonchev–Trinajstić information content (AvgIpc) is 2.37. The molecule has 5 nitrogen and oxygen atoms in total. The first-order valence-corrected chi connectivity index (χ1v) is 7.36. The maximum atomic E-state index is 12.5. The van der Waals surface area contributed by atoms with Crippen LogP contribution in [-0.2, 0) is 14.3 Å². The zero-order valence-electron chi connectivity index (χ0n) is 13.2. The van der Waals surface area contributed by atoms with Gasteiger partial charge in [0.05, 0.1) is 24.2 Å². The molecule has 1 fully saturated rings. The molecule has 20 heavy (non-hydrogen) atoms. The minimum Gasteiger partial charge on any atom is -0.481 e. The van der Waals surface area contributed by atoms with Gasteiger partial charge in [-0.05, 0) is 26.2 Å². The predicted molar refractivity (Wildman–Crippen MR) is 76.4 cm³/mol. The van der Waals surface area contributed by atoms with Crippen LogP contribution in [0.25, 0.3) is 0 Å². The largest absolute Gasteiger partial charge is 0.481 e. The van der Waals surface area contributed by atoms with Crippen molar-refractivity contribution in [1.29, 1.82) is 0 Å². The van der Waals surface area contributed by atoms with Crippen LogP contribution < -0.4 is 0 Å². The Labute approximate surface area is 121 Å². The molecule has 0 aromatic carbocycles. The number of rotatable bonds is 5. The summed E-state index contributed by atoms with van der Waals surface area (Å²) in [6.07, 6.45) is 0.879. The third-order valence-corrected chi connectivity index (χ3v) is 4.54. The molecule has 1 N–H and O–H groups in total. The lowest BCUT2D eigenvalue weighted by Crippen LogP contribution is -2.53. The first kappa shape index (κ1) is 17.0. The minimum atomic E-state index is -1.02. The van der Waals surface area contributed by atoms with Gasteiger partial charge in [-0.25, -0.2) is 0 Å². The molecule has 0 aliphatic carbocycles. The van der Waals surface area contributed by atoms with Crippen LogP contribution in [0, 0.1) is 11.3 Å². The molecular weight excluding hydrogens is 258 g/mol. The lowest BCUT2D eigenvalue weighted by atomic mass is 9.76. The SMILES string of the molecule is CCC1COC(C)CN1C(=O)CC(C)(C(=O)O)C(C)C. The number of carbonyl (C=O) groups excluding carboxylic acids is 1. The molecule has 1 aliphatic heterocycles. The van der Waals surface area contributed by atoms with E-state index in [1.165, 1.54) is 0 Å². The molecule has 0 aromatic heterocycles. The molecule has 5 heteroatoms. The standard InChI is InChI=1S/C15H27NO4/c1-6-12-9-20-11(4)8-16(12)13(17)7-15(5,10(2)3)14(18)19/h10-12H,6-9H2,1-5H3,(H,18,19). The highest BCUT2D eigenvalue weighted by molar-refractivity contribution is 5.85. The Balaban J connectivity index is 2.84. The van der Waals surface area contributed by atoms with Crippen molar-refractivity contribution in [2.24, 2.45) is 11.3 Å². The van der Waals surface area contributed by atoms with Crippen molar-refractivity contribution in [3.63, 3.8) is 0 Å². The number of amides is 1. The van der Waals surface area contributed by atoms with Gasteiger partial charge in [-0.3, -0.25) is 9.59 Å². The number of hydrogen-bond donors (Lipinski definition) is 1. The first-order valence-electron chi connectivity index (χ1n) is 7.36. The molecule has 1 heterocycles. The molecule has 0 spiro atoms. The third-order valence-electron chi connectivity index (χ3n) is 4.54. The van der Waals surface area contributed by atoms with Crippen molar-refractivity contribution >= 4 is 11.9 Å². The van der Waals surface area contributed by atoms with Gasteiger partial charge >= 0.3 is 5.97 Å². The van der Waals surface area contributed by atoms with E-state index >= 15 is 0 Å². The van der Waals surface area contributed by atoms with Crippen LogP contribution in [0.1, 0.15) is 47.5 Å². The molecule has 0 radical (unpaired) electrons. The van der Waals surface area contributed by atoms with Crippen LogP contribution in [0.5, 0.6) is 0 Å². The summed E-state index contributed by atoms with van der Waals surface area (Å²) >= 11 is 0. The summed E-state index contributed by atoms with van der Waals surface area (Å²) in [4.78, 5) is 25.8. The molecule has 1 amide bonds. The van der Waals surface area contributed by atoms with Crippen LogP contribution in [0.4, 0.5) is 0 Å². The number of aliphatic carboxylic acids is 1. The maximum Gasteiger partial charge on any atom is 0.310 e. The van der Waals surface area contributed by atoms with E-state index < -0.39 is 11.4 Å². The second-order valence-electron chi connectivity index (χ2n) is 6.31. The fraction of sp³-hybridized carbons (Fsp3) is 0.867. The number of carbonyl (C=O) groups is 2. The summed E-state index contributed by atoms with van der Waals surface area (Å²) in [5, 5.41) is 9.43. The molecular formula is C15H27NO4. The normalized spacial score (nSPS) is 26.4. The average molecular weight is 285 g/mol. The molecule has 1 saturated heterocycles. The van der Waals surface area contributed by atoms with Gasteiger partial charge in [-0.2, -0.15) is 0 Å². The fourth-order valence-electron chi connectivity index (χ4n) is 2.43. The monoisotopic (exact) mass is 285 g/mol. The van der Waals surface area contributed by atoms with Crippen molar-refractivity contribution < 1.29 is 19.4 Å². The maximum absolute atomic E-state index is 12.5. The highest BCUT2D eigenvalue weighted by Crippen LogP contribution is 2.33. The van der Waals surface area contributed by atoms with Gasteiger partial charge in [-0.1, -0.05) is 20.8 Å². The predicted octanol–water partition coefficient (Wildman–Crippen LogP) is 2.15. The quantitative estimate of drug-likeness (QED) is 0.840. The Hall–Kier alpha value is -1.10. The zero-order valence-corrected chi connectivity index (χ0v) is 13.2. The Kier molecular flexibility index (Phi) is 5.57. The van der Waals surface area contributed by atoms with Crippen LogP contribution in [0.15, 0.2) is 0 Å². The summed E-state index contributed by atoms with van der Waals surface area (Å²) in [7, 11) is 0. The van der Waals surface area contributed by atoms with Gasteiger partial charge in [0.25, 0.3) is 0 Å². The topological polar surface area (TPSA) is 66.8 Å². The molecule has 1 aliphatic rings. The van der Waals surface area contributed by atoms with E-state index in [-0.39, 0.29) is 30.4 Å². The summed E-state index contributed by atoms with van der Waals surface area (Å²) in [6.45, 7) is 10.4. The first-order chi connectivity index (χ1) is 9.22. The van der Waals surface area contributed by atoms with E-state index in [4.69, 9.17) is 4.74 Å². The van der Waals surface area contributed by atoms with E-state index in [0.717, 1.165) is 6.42 Å². The number of carboxylic acids is 1. The smallest absolute Gasteiger partial charge is 0.310 e. The molecule has 0 saturated carbocycles. The second kappa shape index (κ2) is 6.57. The number of hydrogen-bond acceptors (Lipinski definition) is 3. The lowest BCUT2D eigenvalue weighted by Gasteiger charge is -2.40. The van der Waals surface area contributed by atoms with E-state index in [1.54, 1.807) is 11.8 Å². The number of ether oxygens (including phenoxy) is 1. The van der Waals surface area contributed by atoms with Crippen molar-refractivity contribution in [1.82, 2.24) is 4.90 Å². The fourth-order valence-corrected chi connectivity index (χ4v) is 2.43. The van der Waals surface area contributed by atoms with Gasteiger partial charge in [0, 0.05) is 13.0 Å². The molecule has 116 valence electrons. The van der Waals surface area contributed by atoms with Gasteiger partial charge in [0.2, 0.25) is 5.91 Å². The highest BCUT2D eigenvalue weighted by Gasteiger charge is 2.41. The van der Waals surface area contributed by atoms with Gasteiger partial charge in [0.15, 0.2) is 0 Å². The van der Waals surface area contributed by atoms with E-state index in [9.17, 15) is 14.7 Å². The summed E-state index contributed by atoms with van der Waals surface area (Å²) in [5.41, 5.74) is -1.02. The molecule has 0 aromatic rings. The summed E-state index contributed by atoms with van der Waals surface area (Å²) in [5.74, 6) is -1.08. The van der Waals surface area contributed by atoms with Gasteiger partial charge in [0.1, 0.15) is 0 Å². The Bertz CT molecular complexity index is 369. The third kappa shape index (κ3) is 3.51. The van der Waals surface area contributed by atoms with Crippen LogP contribution in [-0.4, -0.2) is 47.2 Å². The van der Waals surface area contributed by atoms with Crippen molar-refractivity contribution in [3.05, 3.63) is 0 Å². The van der Waals surface area contributed by atoms with Crippen LogP contribution in [0.2, 0.25) is 0 Å². The van der Waals surface area contributed by atoms with E-state index in [2.05, 4.69) is 0 Å². The van der Waals surface area contributed by atoms with E-state index in [1.807, 2.05) is 27.7 Å².